The van der Waals surface area contributed by atoms with Gasteiger partial charge in [-0.2, -0.15) is 4.98 Å². The largest absolute Gasteiger partial charge is 0.461 e. The summed E-state index contributed by atoms with van der Waals surface area (Å²) in [6.07, 6.45) is 15.1. The molecule has 3 aromatic rings. The molecule has 0 radical (unpaired) electrons. The zero-order valence-electron chi connectivity index (χ0n) is 18.9. The summed E-state index contributed by atoms with van der Waals surface area (Å²) in [4.78, 5) is 12.4. The highest BCUT2D eigenvalue weighted by molar-refractivity contribution is 6.33. The lowest BCUT2D eigenvalue weighted by Crippen LogP contribution is -2.32. The van der Waals surface area contributed by atoms with E-state index in [1.165, 1.54) is 0 Å². The van der Waals surface area contributed by atoms with Gasteiger partial charge in [0.15, 0.2) is 5.65 Å². The molecule has 4 rings (SSSR count). The van der Waals surface area contributed by atoms with Crippen molar-refractivity contribution in [3.63, 3.8) is 0 Å². The van der Waals surface area contributed by atoms with Crippen LogP contribution in [0.1, 0.15) is 45.1 Å². The standard InChI is InChI=1S/C27H28ClN3O2/c1-4-6-7-18(5-2)19-8-10-20(11-9-19)24-22(28)16-23-25(30-24)31-26(29-23)33-21-12-14-27(3,17-32)15-13-21/h2,4,6-11,16,21,32H,12-15,17H2,1,3H3,(H,29,30,31). The van der Waals surface area contributed by atoms with Crippen LogP contribution in [0.25, 0.3) is 28.0 Å². The monoisotopic (exact) mass is 461 g/mol. The molecule has 0 spiro atoms. The van der Waals surface area contributed by atoms with Gasteiger partial charge in [0.1, 0.15) is 6.10 Å². The first-order valence-electron chi connectivity index (χ1n) is 11.2. The Labute approximate surface area is 199 Å². The van der Waals surface area contributed by atoms with Gasteiger partial charge >= 0.3 is 0 Å². The number of rotatable bonds is 6. The molecule has 2 heterocycles. The summed E-state index contributed by atoms with van der Waals surface area (Å²) >= 11 is 6.56. The average molecular weight is 462 g/mol. The van der Waals surface area contributed by atoms with Crippen molar-refractivity contribution in [2.45, 2.75) is 45.6 Å². The lowest BCUT2D eigenvalue weighted by Gasteiger charge is -2.35. The molecule has 5 nitrogen and oxygen atoms in total. The van der Waals surface area contributed by atoms with E-state index in [0.29, 0.717) is 22.4 Å². The Kier molecular flexibility index (Phi) is 6.88. The summed E-state index contributed by atoms with van der Waals surface area (Å²) in [5.41, 5.74) is 4.59. The number of halogens is 1. The average Bonchev–Trinajstić information content (AvgIpc) is 3.22. The predicted octanol–water partition coefficient (Wildman–Crippen LogP) is 6.19. The number of H-pyrrole nitrogens is 1. The molecule has 0 aliphatic heterocycles. The fraction of sp³-hybridized carbons (Fsp3) is 0.333. The minimum Gasteiger partial charge on any atom is -0.461 e. The van der Waals surface area contributed by atoms with Crippen LogP contribution in [0.2, 0.25) is 5.02 Å². The normalized spacial score (nSPS) is 21.4. The minimum atomic E-state index is -0.00323. The van der Waals surface area contributed by atoms with Crippen LogP contribution < -0.4 is 4.74 Å². The summed E-state index contributed by atoms with van der Waals surface area (Å²) in [6.45, 7) is 4.29. The van der Waals surface area contributed by atoms with Gasteiger partial charge in [0.2, 0.25) is 0 Å². The van der Waals surface area contributed by atoms with E-state index in [-0.39, 0.29) is 18.1 Å². The second kappa shape index (κ2) is 9.82. The van der Waals surface area contributed by atoms with Crippen molar-refractivity contribution in [2.24, 2.45) is 5.41 Å². The summed E-state index contributed by atoms with van der Waals surface area (Å²) in [6, 6.07) is 10.1. The number of aromatic nitrogens is 3. The fourth-order valence-electron chi connectivity index (χ4n) is 4.10. The number of aliphatic hydroxyl groups excluding tert-OH is 1. The Morgan fingerprint density at radius 3 is 2.67 bits per heavy atom. The van der Waals surface area contributed by atoms with Gasteiger partial charge in [-0.25, -0.2) is 4.98 Å². The van der Waals surface area contributed by atoms with Crippen molar-refractivity contribution in [3.05, 3.63) is 59.1 Å². The molecule has 6 heteroatoms. The maximum atomic E-state index is 9.56. The molecule has 1 aromatic carbocycles. The number of fused-ring (bicyclic) bond motifs is 1. The van der Waals surface area contributed by atoms with Gasteiger partial charge in [-0.05, 0) is 55.7 Å². The van der Waals surface area contributed by atoms with Crippen LogP contribution in [0, 0.1) is 17.8 Å². The molecule has 2 aromatic heterocycles. The van der Waals surface area contributed by atoms with Crippen LogP contribution in [0.5, 0.6) is 6.01 Å². The van der Waals surface area contributed by atoms with E-state index in [1.807, 2.05) is 55.5 Å². The first-order valence-corrected chi connectivity index (χ1v) is 11.6. The van der Waals surface area contributed by atoms with Gasteiger partial charge in [0.25, 0.3) is 6.01 Å². The lowest BCUT2D eigenvalue weighted by molar-refractivity contribution is 0.0432. The highest BCUT2D eigenvalue weighted by Gasteiger charge is 2.31. The smallest absolute Gasteiger partial charge is 0.296 e. The number of hydrogen-bond acceptors (Lipinski definition) is 4. The third-order valence-electron chi connectivity index (χ3n) is 6.28. The minimum absolute atomic E-state index is 0.00323. The second-order valence-corrected chi connectivity index (χ2v) is 9.25. The van der Waals surface area contributed by atoms with E-state index in [2.05, 4.69) is 27.8 Å². The maximum Gasteiger partial charge on any atom is 0.296 e. The van der Waals surface area contributed by atoms with Gasteiger partial charge in [-0.3, -0.25) is 0 Å². The van der Waals surface area contributed by atoms with Gasteiger partial charge in [0.05, 0.1) is 16.2 Å². The topological polar surface area (TPSA) is 71.0 Å². The van der Waals surface area contributed by atoms with E-state index in [9.17, 15) is 5.11 Å². The highest BCUT2D eigenvalue weighted by Crippen LogP contribution is 2.37. The number of aromatic amines is 1. The summed E-state index contributed by atoms with van der Waals surface area (Å²) < 4.78 is 6.09. The molecule has 1 aliphatic rings. The number of imidazole rings is 1. The highest BCUT2D eigenvalue weighted by atomic mass is 35.5. The first-order chi connectivity index (χ1) is 15.9. The number of pyridine rings is 1. The molecule has 0 amide bonds. The summed E-state index contributed by atoms with van der Waals surface area (Å²) in [7, 11) is 0. The number of terminal acetylenes is 1. The first kappa shape index (κ1) is 23.1. The van der Waals surface area contributed by atoms with Crippen LogP contribution in [0.15, 0.2) is 48.6 Å². The van der Waals surface area contributed by atoms with E-state index >= 15 is 0 Å². The Hall–Kier alpha value is -3.07. The van der Waals surface area contributed by atoms with Crippen molar-refractivity contribution in [2.75, 3.05) is 6.61 Å². The predicted molar refractivity (Wildman–Crippen MR) is 134 cm³/mol. The third-order valence-corrected chi connectivity index (χ3v) is 6.57. The van der Waals surface area contributed by atoms with E-state index < -0.39 is 0 Å². The van der Waals surface area contributed by atoms with Crippen molar-refractivity contribution < 1.29 is 9.84 Å². The number of nitrogens with one attached hydrogen (secondary N) is 1. The molecular formula is C27H28ClN3O2. The molecule has 0 bridgehead atoms. The Bertz CT molecular complexity index is 1230. The number of ether oxygens (including phenoxy) is 1. The van der Waals surface area contributed by atoms with E-state index in [0.717, 1.165) is 47.9 Å². The van der Waals surface area contributed by atoms with Crippen molar-refractivity contribution in [3.8, 4) is 29.6 Å². The molecule has 0 saturated heterocycles. The van der Waals surface area contributed by atoms with Crippen molar-refractivity contribution in [1.29, 1.82) is 0 Å². The van der Waals surface area contributed by atoms with Crippen LogP contribution in [-0.2, 0) is 0 Å². The summed E-state index contributed by atoms with van der Waals surface area (Å²) in [5.74, 6) is 2.72. The number of aliphatic hydroxyl groups is 1. The molecular weight excluding hydrogens is 434 g/mol. The van der Waals surface area contributed by atoms with Gasteiger partial charge in [0, 0.05) is 17.7 Å². The molecule has 0 unspecified atom stereocenters. The molecule has 1 saturated carbocycles. The SMILES string of the molecule is C#CC(=CC=CC)c1ccc(-c2nc3nc(OC4CCC(C)(CO)CC4)[nH]c3cc2Cl)cc1. The zero-order chi connectivity index (χ0) is 23.4. The molecule has 2 N–H and O–H groups in total. The fourth-order valence-corrected chi connectivity index (χ4v) is 4.36. The Morgan fingerprint density at radius 2 is 2.03 bits per heavy atom. The molecule has 1 aliphatic carbocycles. The number of nitrogens with zero attached hydrogens (tertiary/aromatic N) is 2. The number of hydrogen-bond donors (Lipinski definition) is 2. The molecule has 1 fully saturated rings. The van der Waals surface area contributed by atoms with Crippen LogP contribution in [-0.4, -0.2) is 32.8 Å². The quantitative estimate of drug-likeness (QED) is 0.339. The van der Waals surface area contributed by atoms with Gasteiger partial charge < -0.3 is 14.8 Å². The number of allylic oxidation sites excluding steroid dienone is 4. The lowest BCUT2D eigenvalue weighted by atomic mass is 9.75. The van der Waals surface area contributed by atoms with Crippen molar-refractivity contribution >= 4 is 28.3 Å². The maximum absolute atomic E-state index is 9.56. The van der Waals surface area contributed by atoms with Crippen molar-refractivity contribution in [1.82, 2.24) is 15.0 Å². The summed E-state index contributed by atoms with van der Waals surface area (Å²) in [5, 5.41) is 10.1. The van der Waals surface area contributed by atoms with Gasteiger partial charge in [-0.15, -0.1) is 6.42 Å². The van der Waals surface area contributed by atoms with Crippen LogP contribution in [0.3, 0.4) is 0 Å². The zero-order valence-corrected chi connectivity index (χ0v) is 19.7. The molecule has 0 atom stereocenters. The molecule has 33 heavy (non-hydrogen) atoms. The Balaban J connectivity index is 1.54. The second-order valence-electron chi connectivity index (χ2n) is 8.85. The van der Waals surface area contributed by atoms with E-state index in [4.69, 9.17) is 22.8 Å². The Morgan fingerprint density at radius 1 is 1.30 bits per heavy atom. The van der Waals surface area contributed by atoms with Gasteiger partial charge in [-0.1, -0.05) is 60.9 Å². The van der Waals surface area contributed by atoms with Crippen LogP contribution >= 0.6 is 11.6 Å². The molecule has 170 valence electrons. The van der Waals surface area contributed by atoms with Crippen LogP contribution in [0.4, 0.5) is 0 Å². The van der Waals surface area contributed by atoms with E-state index in [1.54, 1.807) is 0 Å². The number of benzene rings is 1. The third kappa shape index (κ3) is 5.13.